The highest BCUT2D eigenvalue weighted by Gasteiger charge is 2.46. The van der Waals surface area contributed by atoms with E-state index in [9.17, 15) is 17.7 Å². The molecule has 2 aromatic rings. The number of halogens is 1. The maximum absolute atomic E-state index is 12.8. The van der Waals surface area contributed by atoms with Crippen LogP contribution in [0.15, 0.2) is 52.9 Å². The topological polar surface area (TPSA) is 126 Å². The molecule has 0 bridgehead atoms. The number of hydrogen-bond donors (Lipinski definition) is 3. The molecule has 0 radical (unpaired) electrons. The van der Waals surface area contributed by atoms with Gasteiger partial charge in [0.2, 0.25) is 0 Å². The second-order valence-corrected chi connectivity index (χ2v) is 10.2. The number of amides is 1. The summed E-state index contributed by atoms with van der Waals surface area (Å²) in [5.74, 6) is 0.200. The second-order valence-electron chi connectivity index (χ2n) is 8.03. The summed E-state index contributed by atoms with van der Waals surface area (Å²) in [6.45, 7) is 2.75. The number of nitrogens with zero attached hydrogens (tertiary/aromatic N) is 2. The zero-order valence-electron chi connectivity index (χ0n) is 18.3. The number of anilines is 1. The van der Waals surface area contributed by atoms with E-state index < -0.39 is 27.7 Å². The van der Waals surface area contributed by atoms with E-state index >= 15 is 0 Å². The molecular formula is C22H24FN5O4S2. The van der Waals surface area contributed by atoms with E-state index in [1.165, 1.54) is 12.1 Å². The van der Waals surface area contributed by atoms with Crippen LogP contribution in [-0.2, 0) is 27.0 Å². The van der Waals surface area contributed by atoms with Crippen LogP contribution < -0.4 is 20.1 Å². The fourth-order valence-electron chi connectivity index (χ4n) is 3.98. The summed E-state index contributed by atoms with van der Waals surface area (Å²) in [5.41, 5.74) is 2.06. The van der Waals surface area contributed by atoms with E-state index in [2.05, 4.69) is 20.0 Å². The van der Waals surface area contributed by atoms with Crippen LogP contribution >= 0.6 is 0 Å². The first-order valence-corrected chi connectivity index (χ1v) is 12.9. The van der Waals surface area contributed by atoms with Crippen molar-refractivity contribution in [2.24, 2.45) is 10.1 Å². The zero-order valence-corrected chi connectivity index (χ0v) is 20.0. The first-order valence-electron chi connectivity index (χ1n) is 10.5. The third kappa shape index (κ3) is 5.25. The number of nitrogens with two attached hydrogens (primary N) is 1. The summed E-state index contributed by atoms with van der Waals surface area (Å²) in [4.78, 5) is 21.1. The van der Waals surface area contributed by atoms with Crippen molar-refractivity contribution in [3.8, 4) is 5.75 Å². The molecule has 12 heteroatoms. The van der Waals surface area contributed by atoms with Crippen molar-refractivity contribution in [2.75, 3.05) is 17.8 Å². The molecule has 0 saturated carbocycles. The number of carbonyl (C=O) groups is 1. The molecule has 2 aliphatic heterocycles. The molecule has 34 heavy (non-hydrogen) atoms. The number of amidine groups is 1. The highest BCUT2D eigenvalue weighted by Crippen LogP contribution is 2.32. The third-order valence-corrected chi connectivity index (χ3v) is 7.51. The Kier molecular flexibility index (Phi) is 7.22. The molecule has 4 N–H and O–H groups in total. The minimum atomic E-state index is -1.65. The van der Waals surface area contributed by atoms with Gasteiger partial charge in [-0.25, -0.2) is 17.9 Å². The number of benzene rings is 2. The minimum Gasteiger partial charge on any atom is -0.308 e. The monoisotopic (exact) mass is 505 g/mol. The van der Waals surface area contributed by atoms with E-state index in [0.717, 1.165) is 11.1 Å². The molecule has 180 valence electrons. The molecule has 1 saturated heterocycles. The van der Waals surface area contributed by atoms with Crippen LogP contribution in [0.4, 0.5) is 10.2 Å². The van der Waals surface area contributed by atoms with E-state index in [0.29, 0.717) is 43.0 Å². The fourth-order valence-corrected chi connectivity index (χ4v) is 5.32. The Bertz CT molecular complexity index is 1210. The van der Waals surface area contributed by atoms with Crippen molar-refractivity contribution in [1.29, 1.82) is 0 Å². The highest BCUT2D eigenvalue weighted by atomic mass is 32.2. The average molecular weight is 506 g/mol. The summed E-state index contributed by atoms with van der Waals surface area (Å²) >= 11 is -1.65. The van der Waals surface area contributed by atoms with Crippen LogP contribution in [0, 0.1) is 6.92 Å². The summed E-state index contributed by atoms with van der Waals surface area (Å²) in [6, 6.07) is 11.6. The van der Waals surface area contributed by atoms with Crippen molar-refractivity contribution in [3.05, 3.63) is 64.6 Å². The van der Waals surface area contributed by atoms with Crippen molar-refractivity contribution >= 4 is 45.7 Å². The highest BCUT2D eigenvalue weighted by molar-refractivity contribution is 7.85. The summed E-state index contributed by atoms with van der Waals surface area (Å²) < 4.78 is 40.9. The van der Waals surface area contributed by atoms with Gasteiger partial charge in [-0.3, -0.25) is 19.5 Å². The maximum Gasteiger partial charge on any atom is 0.253 e. The van der Waals surface area contributed by atoms with Gasteiger partial charge >= 0.3 is 0 Å². The van der Waals surface area contributed by atoms with Gasteiger partial charge in [0.05, 0.1) is 0 Å². The Morgan fingerprint density at radius 3 is 2.68 bits per heavy atom. The summed E-state index contributed by atoms with van der Waals surface area (Å²) in [5, 5.41) is 9.64. The second kappa shape index (κ2) is 10.1. The van der Waals surface area contributed by atoms with Gasteiger partial charge in [0.25, 0.3) is 5.91 Å². The number of rotatable bonds is 7. The molecule has 2 aromatic carbocycles. The third-order valence-electron chi connectivity index (χ3n) is 5.83. The molecule has 1 fully saturated rings. The lowest BCUT2D eigenvalue weighted by atomic mass is 9.89. The molecule has 0 aliphatic carbocycles. The predicted molar refractivity (Wildman–Crippen MR) is 131 cm³/mol. The van der Waals surface area contributed by atoms with Gasteiger partial charge in [0.15, 0.2) is 16.9 Å². The lowest BCUT2D eigenvalue weighted by Gasteiger charge is -2.33. The number of hydrogen-bond acceptors (Lipinski definition) is 5. The van der Waals surface area contributed by atoms with Gasteiger partial charge in [-0.15, -0.1) is 0 Å². The van der Waals surface area contributed by atoms with Crippen LogP contribution in [0.2, 0.25) is 0 Å². The molecule has 1 spiro atoms. The standard InChI is InChI=1S/C22H24FN5O4S2/c1-15-13-18(27-34(24)31)6-5-16(15)7-12-33(30)28-10-8-22(9-11-28)21(29)25-20(26-22)17-3-2-4-19(14-17)32-23/h2-7,12-14,27H,8-11,24H2,1H3,(H,25,26,29)/b12-7+. The lowest BCUT2D eigenvalue weighted by Crippen LogP contribution is -2.49. The first kappa shape index (κ1) is 24.2. The zero-order chi connectivity index (χ0) is 24.3. The van der Waals surface area contributed by atoms with E-state index in [4.69, 9.17) is 5.14 Å². The molecule has 2 aliphatic rings. The van der Waals surface area contributed by atoms with Crippen LogP contribution in [-0.4, -0.2) is 43.1 Å². The van der Waals surface area contributed by atoms with Gasteiger partial charge in [0.1, 0.15) is 22.4 Å². The quantitative estimate of drug-likeness (QED) is 0.534. The number of carbonyl (C=O) groups excluding carboxylic acids is 1. The maximum atomic E-state index is 12.8. The smallest absolute Gasteiger partial charge is 0.253 e. The Morgan fingerprint density at radius 1 is 1.24 bits per heavy atom. The van der Waals surface area contributed by atoms with E-state index in [1.807, 2.05) is 19.1 Å². The Labute approximate surface area is 201 Å². The van der Waals surface area contributed by atoms with Gasteiger partial charge < -0.3 is 5.32 Å². The molecule has 2 heterocycles. The fraction of sp³-hybridized carbons (Fsp3) is 0.273. The summed E-state index contributed by atoms with van der Waals surface area (Å²) in [6.07, 6.45) is 2.60. The van der Waals surface area contributed by atoms with Crippen molar-refractivity contribution in [3.63, 3.8) is 0 Å². The van der Waals surface area contributed by atoms with Crippen LogP contribution in [0.1, 0.15) is 29.5 Å². The predicted octanol–water partition coefficient (Wildman–Crippen LogP) is 2.25. The number of aliphatic imine (C=N–C) groups is 1. The molecule has 2 unspecified atom stereocenters. The van der Waals surface area contributed by atoms with Crippen molar-refractivity contribution in [2.45, 2.75) is 25.3 Å². The van der Waals surface area contributed by atoms with Crippen LogP contribution in [0.5, 0.6) is 5.75 Å². The molecule has 0 aromatic heterocycles. The van der Waals surface area contributed by atoms with Gasteiger partial charge in [-0.2, -0.15) is 0 Å². The largest absolute Gasteiger partial charge is 0.308 e. The lowest BCUT2D eigenvalue weighted by molar-refractivity contribution is -0.124. The van der Waals surface area contributed by atoms with Crippen LogP contribution in [0.25, 0.3) is 6.08 Å². The average Bonchev–Trinajstić information content (AvgIpc) is 3.14. The molecule has 2 atom stereocenters. The van der Waals surface area contributed by atoms with Crippen molar-refractivity contribution in [1.82, 2.24) is 9.62 Å². The summed E-state index contributed by atoms with van der Waals surface area (Å²) in [7, 11) is -1.38. The normalized spacial score (nSPS) is 19.6. The number of aryl methyl sites for hydroxylation is 1. The molecule has 4 rings (SSSR count). The minimum absolute atomic E-state index is 0.0305. The van der Waals surface area contributed by atoms with Crippen molar-refractivity contribution < 1.29 is 22.7 Å². The Hall–Kier alpha value is -2.93. The Morgan fingerprint density at radius 2 is 2.00 bits per heavy atom. The number of nitrogens with one attached hydrogen (secondary N) is 2. The van der Waals surface area contributed by atoms with Crippen LogP contribution in [0.3, 0.4) is 0 Å². The van der Waals surface area contributed by atoms with Gasteiger partial charge in [-0.1, -0.05) is 18.2 Å². The first-order chi connectivity index (χ1) is 16.3. The van der Waals surface area contributed by atoms with E-state index in [-0.39, 0.29) is 11.7 Å². The Balaban J connectivity index is 1.40. The molecule has 9 nitrogen and oxygen atoms in total. The van der Waals surface area contributed by atoms with Gasteiger partial charge in [0, 0.05) is 34.3 Å². The van der Waals surface area contributed by atoms with E-state index in [1.54, 1.807) is 34.0 Å². The SMILES string of the molecule is Cc1cc(NS(N)=O)ccc1/C=C/S(=O)N1CCC2(CC1)N=C(c1cccc(OF)c1)NC2=O. The molecular weight excluding hydrogens is 481 g/mol. The van der Waals surface area contributed by atoms with Gasteiger partial charge in [-0.05, 0) is 61.2 Å². The number of piperidine rings is 1. The molecule has 1 amide bonds.